The Hall–Kier alpha value is -1.13. The third-order valence-corrected chi connectivity index (χ3v) is 4.11. The molecule has 0 radical (unpaired) electrons. The molecule has 3 N–H and O–H groups in total. The lowest BCUT2D eigenvalue weighted by atomic mass is 9.83. The van der Waals surface area contributed by atoms with Crippen LogP contribution in [0.2, 0.25) is 0 Å². The Morgan fingerprint density at radius 2 is 2.05 bits per heavy atom. The summed E-state index contributed by atoms with van der Waals surface area (Å²) in [4.78, 5) is 2.24. The number of nitrogens with two attached hydrogens (primary N) is 1. The zero-order valence-corrected chi connectivity index (χ0v) is 11.5. The highest BCUT2D eigenvalue weighted by molar-refractivity contribution is 5.28. The van der Waals surface area contributed by atoms with E-state index < -0.39 is 0 Å². The van der Waals surface area contributed by atoms with Gasteiger partial charge in [-0.25, -0.2) is 4.39 Å². The van der Waals surface area contributed by atoms with Crippen molar-refractivity contribution in [3.05, 3.63) is 29.6 Å². The predicted molar refractivity (Wildman–Crippen MR) is 74.3 cm³/mol. The Morgan fingerprint density at radius 1 is 1.32 bits per heavy atom. The average molecular weight is 266 g/mol. The number of rotatable bonds is 4. The Balaban J connectivity index is 2.04. The highest BCUT2D eigenvalue weighted by Gasteiger charge is 2.27. The molecule has 1 aromatic rings. The quantitative estimate of drug-likeness (QED) is 0.880. The fourth-order valence-corrected chi connectivity index (χ4v) is 3.17. The van der Waals surface area contributed by atoms with Gasteiger partial charge in [0.2, 0.25) is 0 Å². The summed E-state index contributed by atoms with van der Waals surface area (Å²) >= 11 is 0. The second-order valence-corrected chi connectivity index (χ2v) is 5.58. The number of aromatic hydroxyl groups is 1. The molecule has 2 unspecified atom stereocenters. The Bertz CT molecular complexity index is 404. The van der Waals surface area contributed by atoms with E-state index in [0.717, 1.165) is 18.1 Å². The fraction of sp³-hybridized carbons (Fsp3) is 0.600. The second kappa shape index (κ2) is 6.35. The van der Waals surface area contributed by atoms with Crippen LogP contribution in [0.5, 0.6) is 5.75 Å². The summed E-state index contributed by atoms with van der Waals surface area (Å²) < 4.78 is 13.3. The topological polar surface area (TPSA) is 49.5 Å². The second-order valence-electron chi connectivity index (χ2n) is 5.58. The lowest BCUT2D eigenvalue weighted by Gasteiger charge is -2.37. The number of benzene rings is 1. The monoisotopic (exact) mass is 266 g/mol. The van der Waals surface area contributed by atoms with Crippen molar-refractivity contribution in [2.75, 3.05) is 13.6 Å². The number of halogens is 1. The lowest BCUT2D eigenvalue weighted by molar-refractivity contribution is 0.127. The molecule has 1 aliphatic carbocycles. The van der Waals surface area contributed by atoms with E-state index in [9.17, 15) is 9.50 Å². The zero-order chi connectivity index (χ0) is 13.8. The van der Waals surface area contributed by atoms with Gasteiger partial charge in [0.25, 0.3) is 0 Å². The maximum atomic E-state index is 13.3. The van der Waals surface area contributed by atoms with Crippen LogP contribution in [-0.2, 0) is 6.54 Å². The molecule has 19 heavy (non-hydrogen) atoms. The molecule has 0 aliphatic heterocycles. The summed E-state index contributed by atoms with van der Waals surface area (Å²) in [6.45, 7) is 1.36. The van der Waals surface area contributed by atoms with Gasteiger partial charge in [-0.1, -0.05) is 12.8 Å². The van der Waals surface area contributed by atoms with Crippen molar-refractivity contribution >= 4 is 0 Å². The van der Waals surface area contributed by atoms with Gasteiger partial charge in [-0.3, -0.25) is 4.90 Å². The molecule has 4 heteroatoms. The normalized spacial score (nSPS) is 23.8. The SMILES string of the molecule is CN(Cc1cc(O)cc(F)c1)C1CCCCC1CN. The van der Waals surface area contributed by atoms with Crippen LogP contribution in [0, 0.1) is 11.7 Å². The van der Waals surface area contributed by atoms with Crippen LogP contribution in [0.3, 0.4) is 0 Å². The first kappa shape index (κ1) is 14.3. The summed E-state index contributed by atoms with van der Waals surface area (Å²) in [5.74, 6) is 0.130. The van der Waals surface area contributed by atoms with Crippen LogP contribution in [-0.4, -0.2) is 29.6 Å². The van der Waals surface area contributed by atoms with Gasteiger partial charge in [0.05, 0.1) is 0 Å². The third kappa shape index (κ3) is 3.67. The van der Waals surface area contributed by atoms with Crippen molar-refractivity contribution < 1.29 is 9.50 Å². The first-order valence-electron chi connectivity index (χ1n) is 6.99. The standard InChI is InChI=1S/C15H23FN2O/c1-18(15-5-3-2-4-12(15)9-17)10-11-6-13(16)8-14(19)7-11/h6-8,12,15,19H,2-5,9-10,17H2,1H3. The molecule has 1 aromatic carbocycles. The third-order valence-electron chi connectivity index (χ3n) is 4.11. The highest BCUT2D eigenvalue weighted by atomic mass is 19.1. The summed E-state index contributed by atoms with van der Waals surface area (Å²) in [6.07, 6.45) is 4.83. The molecule has 2 atom stereocenters. The summed E-state index contributed by atoms with van der Waals surface area (Å²) in [6, 6.07) is 4.70. The summed E-state index contributed by atoms with van der Waals surface area (Å²) in [5.41, 5.74) is 6.65. The predicted octanol–water partition coefficient (Wildman–Crippen LogP) is 2.48. The van der Waals surface area contributed by atoms with Gasteiger partial charge in [-0.2, -0.15) is 0 Å². The van der Waals surface area contributed by atoms with Crippen molar-refractivity contribution in [3.63, 3.8) is 0 Å². The van der Waals surface area contributed by atoms with Crippen molar-refractivity contribution in [2.45, 2.75) is 38.3 Å². The molecule has 1 fully saturated rings. The number of phenolic OH excluding ortho intramolecular Hbond substituents is 1. The highest BCUT2D eigenvalue weighted by Crippen LogP contribution is 2.28. The lowest BCUT2D eigenvalue weighted by Crippen LogP contribution is -2.42. The van der Waals surface area contributed by atoms with Gasteiger partial charge in [-0.15, -0.1) is 0 Å². The van der Waals surface area contributed by atoms with Gasteiger partial charge < -0.3 is 10.8 Å². The van der Waals surface area contributed by atoms with E-state index in [0.29, 0.717) is 25.0 Å². The smallest absolute Gasteiger partial charge is 0.127 e. The van der Waals surface area contributed by atoms with E-state index in [4.69, 9.17) is 5.73 Å². The minimum atomic E-state index is -0.387. The largest absolute Gasteiger partial charge is 0.508 e. The fourth-order valence-electron chi connectivity index (χ4n) is 3.17. The number of hydrogen-bond donors (Lipinski definition) is 2. The molecule has 1 saturated carbocycles. The molecule has 0 spiro atoms. The minimum absolute atomic E-state index is 0.0116. The molecule has 0 bridgehead atoms. The maximum Gasteiger partial charge on any atom is 0.127 e. The van der Waals surface area contributed by atoms with Crippen LogP contribution >= 0.6 is 0 Å². The summed E-state index contributed by atoms with van der Waals surface area (Å²) in [7, 11) is 2.06. The van der Waals surface area contributed by atoms with Gasteiger partial charge in [0.1, 0.15) is 11.6 Å². The van der Waals surface area contributed by atoms with E-state index in [1.165, 1.54) is 25.3 Å². The molecule has 1 aliphatic rings. The van der Waals surface area contributed by atoms with Gasteiger partial charge >= 0.3 is 0 Å². The van der Waals surface area contributed by atoms with Gasteiger partial charge in [0.15, 0.2) is 0 Å². The maximum absolute atomic E-state index is 13.3. The van der Waals surface area contributed by atoms with Gasteiger partial charge in [0, 0.05) is 18.7 Å². The summed E-state index contributed by atoms with van der Waals surface area (Å²) in [5, 5.41) is 9.44. The van der Waals surface area contributed by atoms with E-state index in [-0.39, 0.29) is 11.6 Å². The van der Waals surface area contributed by atoms with Crippen molar-refractivity contribution in [1.29, 1.82) is 0 Å². The van der Waals surface area contributed by atoms with Crippen LogP contribution in [0.25, 0.3) is 0 Å². The van der Waals surface area contributed by atoms with E-state index >= 15 is 0 Å². The zero-order valence-electron chi connectivity index (χ0n) is 11.5. The van der Waals surface area contributed by atoms with E-state index in [2.05, 4.69) is 11.9 Å². The molecular formula is C15H23FN2O. The molecular weight excluding hydrogens is 243 g/mol. The van der Waals surface area contributed by atoms with Crippen LogP contribution in [0.15, 0.2) is 18.2 Å². The van der Waals surface area contributed by atoms with Crippen LogP contribution < -0.4 is 5.73 Å². The molecule has 106 valence electrons. The number of hydrogen-bond acceptors (Lipinski definition) is 3. The number of nitrogens with zero attached hydrogens (tertiary/aromatic N) is 1. The Labute approximate surface area is 114 Å². The van der Waals surface area contributed by atoms with Crippen molar-refractivity contribution in [1.82, 2.24) is 4.90 Å². The Morgan fingerprint density at radius 3 is 2.74 bits per heavy atom. The number of phenols is 1. The van der Waals surface area contributed by atoms with Crippen LogP contribution in [0.1, 0.15) is 31.2 Å². The first-order chi connectivity index (χ1) is 9.10. The van der Waals surface area contributed by atoms with Crippen molar-refractivity contribution in [2.24, 2.45) is 11.7 Å². The minimum Gasteiger partial charge on any atom is -0.508 e. The van der Waals surface area contributed by atoms with Crippen LogP contribution in [0.4, 0.5) is 4.39 Å². The molecule has 0 heterocycles. The molecule has 0 aromatic heterocycles. The average Bonchev–Trinajstić information content (AvgIpc) is 2.37. The Kier molecular flexibility index (Phi) is 4.77. The van der Waals surface area contributed by atoms with Gasteiger partial charge in [-0.05, 0) is 50.0 Å². The van der Waals surface area contributed by atoms with E-state index in [1.54, 1.807) is 6.07 Å². The molecule has 0 saturated heterocycles. The molecule has 2 rings (SSSR count). The first-order valence-corrected chi connectivity index (χ1v) is 6.99. The van der Waals surface area contributed by atoms with E-state index in [1.807, 2.05) is 0 Å². The molecule has 3 nitrogen and oxygen atoms in total. The molecule has 0 amide bonds. The van der Waals surface area contributed by atoms with Crippen molar-refractivity contribution in [3.8, 4) is 5.75 Å².